The molecule has 3 rings (SSSR count). The molecule has 0 saturated heterocycles. The molecule has 2 aromatic carbocycles. The minimum Gasteiger partial charge on any atom is -0.491 e. The molecule has 0 aliphatic rings. The monoisotopic (exact) mass is 498 g/mol. The third kappa shape index (κ3) is 6.39. The molecule has 0 amide bonds. The molecular formula is C25H27ClN4O5. The third-order valence-electron chi connectivity index (χ3n) is 5.02. The zero-order valence-electron chi connectivity index (χ0n) is 20.0. The molecule has 3 aromatic rings. The largest absolute Gasteiger partial charge is 0.491 e. The summed E-state index contributed by atoms with van der Waals surface area (Å²) in [6, 6.07) is 12.4. The van der Waals surface area contributed by atoms with Crippen molar-refractivity contribution in [3.05, 3.63) is 91.7 Å². The lowest BCUT2D eigenvalue weighted by Crippen LogP contribution is -2.43. The number of hydrogen-bond donors (Lipinski definition) is 1. The number of ether oxygens (including phenoxy) is 2. The van der Waals surface area contributed by atoms with Gasteiger partial charge in [-0.1, -0.05) is 30.3 Å². The summed E-state index contributed by atoms with van der Waals surface area (Å²) in [5.74, 6) is 0.0579. The Morgan fingerprint density at radius 3 is 2.43 bits per heavy atom. The summed E-state index contributed by atoms with van der Waals surface area (Å²) in [4.78, 5) is 42.0. The summed E-state index contributed by atoms with van der Waals surface area (Å²) in [5, 5.41) is 3.62. The van der Waals surface area contributed by atoms with Gasteiger partial charge in [0.1, 0.15) is 5.75 Å². The Bertz CT molecular complexity index is 1360. The van der Waals surface area contributed by atoms with Crippen LogP contribution >= 0.6 is 11.6 Å². The van der Waals surface area contributed by atoms with E-state index in [1.807, 2.05) is 26.8 Å². The number of carbonyl (C=O) groups excluding carboxylic acids is 1. The zero-order valence-corrected chi connectivity index (χ0v) is 20.8. The van der Waals surface area contributed by atoms with Crippen molar-refractivity contribution < 1.29 is 14.3 Å². The first-order chi connectivity index (χ1) is 16.6. The fourth-order valence-electron chi connectivity index (χ4n) is 3.32. The number of esters is 1. The van der Waals surface area contributed by atoms with Crippen LogP contribution in [0, 0.1) is 6.92 Å². The van der Waals surface area contributed by atoms with Crippen molar-refractivity contribution in [2.24, 2.45) is 0 Å². The first-order valence-corrected chi connectivity index (χ1v) is 11.2. The van der Waals surface area contributed by atoms with Crippen LogP contribution in [0.15, 0.2) is 64.2 Å². The molecule has 1 heterocycles. The van der Waals surface area contributed by atoms with Crippen LogP contribution < -0.4 is 21.4 Å². The number of anilines is 2. The molecule has 1 aromatic heterocycles. The van der Waals surface area contributed by atoms with Gasteiger partial charge in [0.05, 0.1) is 31.9 Å². The van der Waals surface area contributed by atoms with E-state index in [2.05, 4.69) is 21.6 Å². The summed E-state index contributed by atoms with van der Waals surface area (Å²) in [7, 11) is 1.19. The fraction of sp³-hybridized carbons (Fsp3) is 0.280. The smallest absolute Gasteiger partial charge is 0.355 e. The fourth-order valence-corrected chi connectivity index (χ4v) is 3.44. The topological polar surface area (TPSA) is 104 Å². The van der Waals surface area contributed by atoms with Gasteiger partial charge in [-0.3, -0.25) is 4.57 Å². The molecule has 35 heavy (non-hydrogen) atoms. The molecule has 184 valence electrons. The van der Waals surface area contributed by atoms with Gasteiger partial charge in [0.25, 0.3) is 0 Å². The highest BCUT2D eigenvalue weighted by Crippen LogP contribution is 2.24. The first kappa shape index (κ1) is 25.8. The lowest BCUT2D eigenvalue weighted by atomic mass is 10.2. The maximum Gasteiger partial charge on any atom is 0.355 e. The van der Waals surface area contributed by atoms with Gasteiger partial charge in [-0.2, -0.15) is 4.98 Å². The lowest BCUT2D eigenvalue weighted by Gasteiger charge is -2.17. The summed E-state index contributed by atoms with van der Waals surface area (Å²) >= 11 is 5.99. The van der Waals surface area contributed by atoms with Gasteiger partial charge in [0.15, 0.2) is 0 Å². The minimum atomic E-state index is -0.827. The Hall–Kier alpha value is -3.85. The molecule has 10 heteroatoms. The Morgan fingerprint density at radius 1 is 1.14 bits per heavy atom. The van der Waals surface area contributed by atoms with E-state index < -0.39 is 17.3 Å². The van der Waals surface area contributed by atoms with Crippen LogP contribution in [-0.4, -0.2) is 33.3 Å². The van der Waals surface area contributed by atoms with Crippen molar-refractivity contribution in [3.8, 4) is 5.75 Å². The van der Waals surface area contributed by atoms with Crippen molar-refractivity contribution in [3.63, 3.8) is 0 Å². The number of carbonyl (C=O) groups is 1. The minimum absolute atomic E-state index is 0.0195. The molecule has 0 bridgehead atoms. The predicted molar refractivity (Wildman–Crippen MR) is 135 cm³/mol. The molecule has 0 radical (unpaired) electrons. The molecule has 9 nitrogen and oxygen atoms in total. The van der Waals surface area contributed by atoms with Gasteiger partial charge in [0.2, 0.25) is 5.95 Å². The molecule has 0 aliphatic heterocycles. The molecule has 0 unspecified atom stereocenters. The summed E-state index contributed by atoms with van der Waals surface area (Å²) < 4.78 is 12.6. The first-order valence-electron chi connectivity index (χ1n) is 10.9. The highest BCUT2D eigenvalue weighted by molar-refractivity contribution is 6.30. The van der Waals surface area contributed by atoms with Crippen LogP contribution in [0.3, 0.4) is 0 Å². The van der Waals surface area contributed by atoms with Gasteiger partial charge in [-0.25, -0.2) is 19.0 Å². The van der Waals surface area contributed by atoms with Crippen LogP contribution in [0.2, 0.25) is 5.02 Å². The Labute approximate surface area is 207 Å². The highest BCUT2D eigenvalue weighted by atomic mass is 35.5. The van der Waals surface area contributed by atoms with Crippen LogP contribution in [0.4, 0.5) is 11.6 Å². The quantitative estimate of drug-likeness (QED) is 0.354. The Morgan fingerprint density at radius 2 is 1.83 bits per heavy atom. The zero-order chi connectivity index (χ0) is 25.7. The SMILES string of the molecule is C=C(Cn1c(=O)nc(Nc2ccc(OC(C)C)c(C)c2)n(Cc2ccc(Cl)cc2)c1=O)C(=O)OC. The van der Waals surface area contributed by atoms with Crippen LogP contribution in [-0.2, 0) is 22.6 Å². The van der Waals surface area contributed by atoms with E-state index in [1.165, 1.54) is 11.7 Å². The summed E-state index contributed by atoms with van der Waals surface area (Å²) in [5.41, 5.74) is 0.707. The number of methoxy groups -OCH3 is 1. The maximum absolute atomic E-state index is 13.4. The van der Waals surface area contributed by atoms with Crippen molar-refractivity contribution in [1.29, 1.82) is 0 Å². The standard InChI is InChI=1S/C25H27ClN4O5/c1-15(2)35-21-11-10-20(12-16(21)3)27-23-28-24(32)30(13-17(4)22(31)34-5)25(33)29(23)14-18-6-8-19(26)9-7-18/h6-12,15H,4,13-14H2,1-3,5H3,(H,27,28,32). The second-order valence-electron chi connectivity index (χ2n) is 8.17. The average molecular weight is 499 g/mol. The molecule has 0 fully saturated rings. The number of halogens is 1. The van der Waals surface area contributed by atoms with Crippen molar-refractivity contribution in [1.82, 2.24) is 14.1 Å². The molecule has 0 aliphatic carbocycles. The third-order valence-corrected chi connectivity index (χ3v) is 5.27. The number of nitrogens with one attached hydrogen (secondary N) is 1. The van der Waals surface area contributed by atoms with E-state index in [0.29, 0.717) is 10.7 Å². The van der Waals surface area contributed by atoms with Gasteiger partial charge in [-0.15, -0.1) is 0 Å². The molecule has 1 N–H and O–H groups in total. The molecule has 0 saturated carbocycles. The number of aromatic nitrogens is 3. The summed E-state index contributed by atoms with van der Waals surface area (Å²) in [6.07, 6.45) is 0.0195. The van der Waals surface area contributed by atoms with Gasteiger partial charge in [-0.05, 0) is 62.2 Å². The number of rotatable bonds is 9. The van der Waals surface area contributed by atoms with Crippen molar-refractivity contribution >= 4 is 29.2 Å². The number of aryl methyl sites for hydroxylation is 1. The van der Waals surface area contributed by atoms with E-state index in [1.54, 1.807) is 36.4 Å². The maximum atomic E-state index is 13.4. The average Bonchev–Trinajstić information content (AvgIpc) is 2.81. The van der Waals surface area contributed by atoms with Gasteiger partial charge < -0.3 is 14.8 Å². The van der Waals surface area contributed by atoms with Crippen LogP contribution in [0.1, 0.15) is 25.0 Å². The van der Waals surface area contributed by atoms with Crippen LogP contribution in [0.25, 0.3) is 0 Å². The second-order valence-corrected chi connectivity index (χ2v) is 8.60. The van der Waals surface area contributed by atoms with E-state index in [-0.39, 0.29) is 30.7 Å². The number of nitrogens with zero attached hydrogens (tertiary/aromatic N) is 3. The van der Waals surface area contributed by atoms with E-state index in [9.17, 15) is 14.4 Å². The Kier molecular flexibility index (Phi) is 8.14. The van der Waals surface area contributed by atoms with E-state index in [0.717, 1.165) is 21.4 Å². The number of benzene rings is 2. The van der Waals surface area contributed by atoms with E-state index in [4.69, 9.17) is 16.3 Å². The predicted octanol–water partition coefficient (Wildman–Crippen LogP) is 3.68. The van der Waals surface area contributed by atoms with Crippen molar-refractivity contribution in [2.45, 2.75) is 40.0 Å². The van der Waals surface area contributed by atoms with Crippen LogP contribution in [0.5, 0.6) is 5.75 Å². The molecule has 0 spiro atoms. The normalized spacial score (nSPS) is 10.8. The molecular weight excluding hydrogens is 472 g/mol. The second kappa shape index (κ2) is 11.1. The highest BCUT2D eigenvalue weighted by Gasteiger charge is 2.17. The van der Waals surface area contributed by atoms with Gasteiger partial charge in [0, 0.05) is 10.7 Å². The van der Waals surface area contributed by atoms with Crippen molar-refractivity contribution in [2.75, 3.05) is 12.4 Å². The molecule has 0 atom stereocenters. The Balaban J connectivity index is 2.05. The summed E-state index contributed by atoms with van der Waals surface area (Å²) in [6.45, 7) is 9.13. The number of hydrogen-bond acceptors (Lipinski definition) is 7. The lowest BCUT2D eigenvalue weighted by molar-refractivity contribution is -0.136. The van der Waals surface area contributed by atoms with E-state index >= 15 is 0 Å². The van der Waals surface area contributed by atoms with Gasteiger partial charge >= 0.3 is 17.3 Å².